The first-order chi connectivity index (χ1) is 6.77. The zero-order chi connectivity index (χ0) is 9.97. The van der Waals surface area contributed by atoms with E-state index in [1.807, 2.05) is 0 Å². The van der Waals surface area contributed by atoms with E-state index in [-0.39, 0.29) is 24.4 Å². The number of hydrogen-bond acceptors (Lipinski definition) is 3. The van der Waals surface area contributed by atoms with Crippen molar-refractivity contribution in [3.05, 3.63) is 0 Å². The van der Waals surface area contributed by atoms with Crippen LogP contribution >= 0.6 is 12.4 Å². The Morgan fingerprint density at radius 1 is 1.33 bits per heavy atom. The Hall–Kier alpha value is -0.320. The first-order valence-electron chi connectivity index (χ1n) is 5.52. The van der Waals surface area contributed by atoms with Crippen molar-refractivity contribution in [1.82, 2.24) is 16.0 Å². The Labute approximate surface area is 97.0 Å². The molecule has 3 N–H and O–H groups in total. The molecule has 0 aromatic carbocycles. The number of hydrogen-bond donors (Lipinski definition) is 3. The van der Waals surface area contributed by atoms with Crippen LogP contribution < -0.4 is 16.0 Å². The number of nitrogens with one attached hydrogen (secondary N) is 3. The molecule has 2 heterocycles. The SMILES string of the molecule is CC1CCNCC1NC(=O)[C@H]1CCN1.Cl. The van der Waals surface area contributed by atoms with Crippen LogP contribution in [0, 0.1) is 5.92 Å². The molecule has 1 amide bonds. The monoisotopic (exact) mass is 233 g/mol. The zero-order valence-electron chi connectivity index (χ0n) is 9.08. The fourth-order valence-electron chi connectivity index (χ4n) is 1.98. The molecule has 0 bridgehead atoms. The van der Waals surface area contributed by atoms with E-state index < -0.39 is 0 Å². The molecule has 88 valence electrons. The number of rotatable bonds is 2. The van der Waals surface area contributed by atoms with Crippen molar-refractivity contribution in [3.8, 4) is 0 Å². The molecule has 2 aliphatic heterocycles. The average Bonchev–Trinajstić information content (AvgIpc) is 2.05. The number of carbonyl (C=O) groups is 1. The molecule has 5 heteroatoms. The molecule has 2 saturated heterocycles. The Morgan fingerprint density at radius 2 is 2.07 bits per heavy atom. The number of piperidine rings is 1. The first-order valence-corrected chi connectivity index (χ1v) is 5.52. The van der Waals surface area contributed by atoms with Crippen LogP contribution in [0.3, 0.4) is 0 Å². The number of halogens is 1. The van der Waals surface area contributed by atoms with E-state index in [1.165, 1.54) is 0 Å². The van der Waals surface area contributed by atoms with Gasteiger partial charge in [-0.1, -0.05) is 6.92 Å². The molecule has 15 heavy (non-hydrogen) atoms. The Morgan fingerprint density at radius 3 is 2.60 bits per heavy atom. The molecule has 0 aliphatic carbocycles. The molecule has 3 atom stereocenters. The summed E-state index contributed by atoms with van der Waals surface area (Å²) in [6.07, 6.45) is 2.14. The fraction of sp³-hybridized carbons (Fsp3) is 0.900. The van der Waals surface area contributed by atoms with Crippen molar-refractivity contribution in [2.75, 3.05) is 19.6 Å². The van der Waals surface area contributed by atoms with Gasteiger partial charge < -0.3 is 16.0 Å². The van der Waals surface area contributed by atoms with Gasteiger partial charge in [-0.25, -0.2) is 0 Å². The topological polar surface area (TPSA) is 53.2 Å². The second kappa shape index (κ2) is 5.68. The van der Waals surface area contributed by atoms with Crippen LogP contribution in [-0.4, -0.2) is 37.6 Å². The minimum atomic E-state index is 0. The summed E-state index contributed by atoms with van der Waals surface area (Å²) in [5.74, 6) is 0.775. The summed E-state index contributed by atoms with van der Waals surface area (Å²) in [5.41, 5.74) is 0. The van der Waals surface area contributed by atoms with E-state index in [2.05, 4.69) is 22.9 Å². The third-order valence-corrected chi connectivity index (χ3v) is 3.30. The Bertz CT molecular complexity index is 221. The lowest BCUT2D eigenvalue weighted by atomic mass is 9.94. The van der Waals surface area contributed by atoms with Crippen molar-refractivity contribution in [1.29, 1.82) is 0 Å². The lowest BCUT2D eigenvalue weighted by Gasteiger charge is -2.33. The largest absolute Gasteiger partial charge is 0.350 e. The minimum absolute atomic E-state index is 0. The van der Waals surface area contributed by atoms with Crippen molar-refractivity contribution >= 4 is 18.3 Å². The van der Waals surface area contributed by atoms with E-state index in [0.29, 0.717) is 12.0 Å². The number of carbonyl (C=O) groups excluding carboxylic acids is 1. The van der Waals surface area contributed by atoms with Gasteiger partial charge in [0.1, 0.15) is 0 Å². The molecule has 0 aromatic heterocycles. The van der Waals surface area contributed by atoms with Gasteiger partial charge in [-0.05, 0) is 31.8 Å². The van der Waals surface area contributed by atoms with E-state index in [0.717, 1.165) is 32.5 Å². The summed E-state index contributed by atoms with van der Waals surface area (Å²) < 4.78 is 0. The summed E-state index contributed by atoms with van der Waals surface area (Å²) in [6, 6.07) is 0.391. The molecule has 2 aliphatic rings. The van der Waals surface area contributed by atoms with Gasteiger partial charge in [-0.15, -0.1) is 12.4 Å². The minimum Gasteiger partial charge on any atom is -0.350 e. The van der Waals surface area contributed by atoms with Crippen LogP contribution in [0.1, 0.15) is 19.8 Å². The van der Waals surface area contributed by atoms with E-state index in [4.69, 9.17) is 0 Å². The third-order valence-electron chi connectivity index (χ3n) is 3.30. The van der Waals surface area contributed by atoms with Crippen LogP contribution in [0.25, 0.3) is 0 Å². The van der Waals surface area contributed by atoms with Gasteiger partial charge >= 0.3 is 0 Å². The van der Waals surface area contributed by atoms with Crippen LogP contribution in [0.2, 0.25) is 0 Å². The second-order valence-corrected chi connectivity index (χ2v) is 4.38. The summed E-state index contributed by atoms with van der Waals surface area (Å²) in [6.45, 7) is 5.19. The van der Waals surface area contributed by atoms with Gasteiger partial charge in [0.05, 0.1) is 6.04 Å². The highest BCUT2D eigenvalue weighted by Gasteiger charge is 2.28. The first kappa shape index (κ1) is 12.7. The zero-order valence-corrected chi connectivity index (χ0v) is 9.90. The van der Waals surface area contributed by atoms with Gasteiger partial charge in [0.2, 0.25) is 5.91 Å². The van der Waals surface area contributed by atoms with Crippen molar-refractivity contribution in [2.45, 2.75) is 31.8 Å². The summed E-state index contributed by atoms with van der Waals surface area (Å²) >= 11 is 0. The maximum Gasteiger partial charge on any atom is 0.237 e. The maximum atomic E-state index is 11.6. The molecule has 2 fully saturated rings. The highest BCUT2D eigenvalue weighted by Crippen LogP contribution is 2.12. The molecule has 4 nitrogen and oxygen atoms in total. The van der Waals surface area contributed by atoms with Crippen molar-refractivity contribution < 1.29 is 4.79 Å². The Balaban J connectivity index is 0.00000112. The van der Waals surface area contributed by atoms with Crippen LogP contribution in [0.4, 0.5) is 0 Å². The van der Waals surface area contributed by atoms with E-state index in [9.17, 15) is 4.79 Å². The highest BCUT2D eigenvalue weighted by atomic mass is 35.5. The average molecular weight is 234 g/mol. The summed E-state index contributed by atoms with van der Waals surface area (Å²) in [5, 5.41) is 9.53. The van der Waals surface area contributed by atoms with Crippen molar-refractivity contribution in [3.63, 3.8) is 0 Å². The highest BCUT2D eigenvalue weighted by molar-refractivity contribution is 5.85. The quantitative estimate of drug-likeness (QED) is 0.624. The molecule has 0 aromatic rings. The van der Waals surface area contributed by atoms with Crippen LogP contribution in [0.5, 0.6) is 0 Å². The predicted molar refractivity (Wildman–Crippen MR) is 62.2 cm³/mol. The molecular formula is C10H20ClN3O. The third kappa shape index (κ3) is 3.06. The lowest BCUT2D eigenvalue weighted by molar-refractivity contribution is -0.125. The molecule has 0 saturated carbocycles. The van der Waals surface area contributed by atoms with Gasteiger partial charge in [0.15, 0.2) is 0 Å². The molecular weight excluding hydrogens is 214 g/mol. The molecule has 0 radical (unpaired) electrons. The lowest BCUT2D eigenvalue weighted by Crippen LogP contribution is -2.58. The Kier molecular flexibility index (Phi) is 4.83. The predicted octanol–water partition coefficient (Wildman–Crippen LogP) is -0.116. The molecule has 2 rings (SSSR count). The van der Waals surface area contributed by atoms with Gasteiger partial charge in [-0.3, -0.25) is 4.79 Å². The maximum absolute atomic E-state index is 11.6. The smallest absolute Gasteiger partial charge is 0.237 e. The number of amides is 1. The molecule has 0 spiro atoms. The van der Waals surface area contributed by atoms with Gasteiger partial charge in [0.25, 0.3) is 0 Å². The van der Waals surface area contributed by atoms with E-state index in [1.54, 1.807) is 0 Å². The summed E-state index contributed by atoms with van der Waals surface area (Å²) in [4.78, 5) is 11.6. The van der Waals surface area contributed by atoms with Gasteiger partial charge in [-0.2, -0.15) is 0 Å². The van der Waals surface area contributed by atoms with Crippen LogP contribution in [0.15, 0.2) is 0 Å². The van der Waals surface area contributed by atoms with E-state index >= 15 is 0 Å². The van der Waals surface area contributed by atoms with Gasteiger partial charge in [0, 0.05) is 12.6 Å². The fourth-order valence-corrected chi connectivity index (χ4v) is 1.98. The standard InChI is InChI=1S/C10H19N3O.ClH/c1-7-2-4-11-6-9(7)13-10(14)8-3-5-12-8;/h7-9,11-12H,2-6H2,1H3,(H,13,14);1H/t7?,8-,9?;/m1./s1. The normalized spacial score (nSPS) is 34.9. The summed E-state index contributed by atoms with van der Waals surface area (Å²) in [7, 11) is 0. The molecule has 2 unspecified atom stereocenters. The van der Waals surface area contributed by atoms with Crippen molar-refractivity contribution in [2.24, 2.45) is 5.92 Å². The van der Waals surface area contributed by atoms with Crippen LogP contribution in [-0.2, 0) is 4.79 Å². The second-order valence-electron chi connectivity index (χ2n) is 4.38.